The van der Waals surface area contributed by atoms with Crippen molar-refractivity contribution in [1.82, 2.24) is 0 Å². The number of hydrogen-bond acceptors (Lipinski definition) is 0. The third-order valence-corrected chi connectivity index (χ3v) is 6.97. The van der Waals surface area contributed by atoms with Crippen LogP contribution < -0.4 is 0 Å². The van der Waals surface area contributed by atoms with E-state index in [0.717, 1.165) is 24.3 Å². The average molecular weight is 485 g/mol. The van der Waals surface area contributed by atoms with Crippen molar-refractivity contribution in [3.8, 4) is 0 Å². The van der Waals surface area contributed by atoms with Crippen LogP contribution in [-0.2, 0) is 5.25 Å². The van der Waals surface area contributed by atoms with Crippen molar-refractivity contribution < 1.29 is 52.7 Å². The summed E-state index contributed by atoms with van der Waals surface area (Å²) in [6.07, 6.45) is -5.52. The first-order chi connectivity index (χ1) is 14.0. The van der Waals surface area contributed by atoms with Crippen LogP contribution in [0.25, 0.3) is 20.2 Å². The van der Waals surface area contributed by atoms with Crippen molar-refractivity contribution in [3.05, 3.63) is 48.5 Å². The van der Waals surface area contributed by atoms with Gasteiger partial charge in [0, 0.05) is 10.8 Å². The maximum Gasteiger partial charge on any atom is 0.503 e. The van der Waals surface area contributed by atoms with E-state index >= 15 is 0 Å². The fourth-order valence-corrected chi connectivity index (χ4v) is 5.38. The maximum absolute atomic E-state index is 14.9. The molecule has 31 heavy (non-hydrogen) atoms. The summed E-state index contributed by atoms with van der Waals surface area (Å²) in [5.74, 6) is -29.2. The highest BCUT2D eigenvalue weighted by molar-refractivity contribution is 7.44. The zero-order chi connectivity index (χ0) is 23.6. The van der Waals surface area contributed by atoms with Crippen molar-refractivity contribution in [3.63, 3.8) is 0 Å². The van der Waals surface area contributed by atoms with E-state index in [1.165, 1.54) is 24.3 Å². The standard InChI is InChI=1S/C18H9F12S/c19-13(20)14(21,22)15(23,24)16(25,26)17(27,28)18(29,30)31-11-7-3-1-5-9(11)10-6-2-4-8-12(10)31/h1-8,13H/q+1. The van der Waals surface area contributed by atoms with Crippen LogP contribution in [0.4, 0.5) is 52.7 Å². The Hall–Kier alpha value is -2.18. The zero-order valence-electron chi connectivity index (χ0n) is 14.6. The average Bonchev–Trinajstić information content (AvgIpc) is 3.02. The third kappa shape index (κ3) is 2.91. The van der Waals surface area contributed by atoms with Gasteiger partial charge in [0.15, 0.2) is 9.40 Å². The second-order valence-corrected chi connectivity index (χ2v) is 8.47. The molecule has 0 aliphatic heterocycles. The fraction of sp³-hybridized carbons (Fsp3) is 0.333. The van der Waals surface area contributed by atoms with E-state index < -0.39 is 55.2 Å². The molecule has 0 N–H and O–H groups in total. The van der Waals surface area contributed by atoms with Gasteiger partial charge in [-0.1, -0.05) is 24.3 Å². The van der Waals surface area contributed by atoms with Crippen LogP contribution >= 0.6 is 10.5 Å². The predicted octanol–water partition coefficient (Wildman–Crippen LogP) is 8.10. The highest BCUT2D eigenvalue weighted by Crippen LogP contribution is 2.66. The Bertz CT molecular complexity index is 1060. The van der Waals surface area contributed by atoms with Crippen LogP contribution in [0.15, 0.2) is 48.5 Å². The van der Waals surface area contributed by atoms with Crippen LogP contribution in [-0.4, -0.2) is 30.1 Å². The Morgan fingerprint density at radius 2 is 0.935 bits per heavy atom. The van der Waals surface area contributed by atoms with Gasteiger partial charge in [0.25, 0.3) is 0 Å². The number of rotatable bonds is 6. The second-order valence-electron chi connectivity index (χ2n) is 6.46. The summed E-state index contributed by atoms with van der Waals surface area (Å²) in [5, 5.41) is -6.21. The maximum atomic E-state index is 14.9. The monoisotopic (exact) mass is 485 g/mol. The lowest BCUT2D eigenvalue weighted by molar-refractivity contribution is -0.408. The van der Waals surface area contributed by atoms with Gasteiger partial charge in [-0.2, -0.15) is 35.1 Å². The van der Waals surface area contributed by atoms with E-state index in [4.69, 9.17) is 0 Å². The fourth-order valence-electron chi connectivity index (χ4n) is 2.98. The molecule has 0 aliphatic carbocycles. The van der Waals surface area contributed by atoms with Crippen molar-refractivity contribution >= 4 is 30.6 Å². The van der Waals surface area contributed by atoms with Crippen LogP contribution in [0.1, 0.15) is 0 Å². The van der Waals surface area contributed by atoms with Crippen LogP contribution in [0, 0.1) is 0 Å². The molecule has 0 unspecified atom stereocenters. The van der Waals surface area contributed by atoms with Gasteiger partial charge in [0.2, 0.25) is 0 Å². The van der Waals surface area contributed by atoms with E-state index in [2.05, 4.69) is 0 Å². The summed E-state index contributed by atoms with van der Waals surface area (Å²) in [4.78, 5) is 0. The topological polar surface area (TPSA) is 0 Å². The first kappa shape index (κ1) is 23.5. The van der Waals surface area contributed by atoms with Crippen LogP contribution in [0.3, 0.4) is 0 Å². The Kier molecular flexibility index (Phi) is 5.23. The van der Waals surface area contributed by atoms with E-state index in [-0.39, 0.29) is 10.8 Å². The van der Waals surface area contributed by atoms with Crippen LogP contribution in [0.2, 0.25) is 0 Å². The summed E-state index contributed by atoms with van der Waals surface area (Å²) in [7, 11) is -3.30. The van der Waals surface area contributed by atoms with Crippen LogP contribution in [0.5, 0.6) is 0 Å². The number of benzene rings is 2. The number of alkyl halides is 12. The van der Waals surface area contributed by atoms with Gasteiger partial charge < -0.3 is 0 Å². The lowest BCUT2D eigenvalue weighted by Crippen LogP contribution is -2.67. The van der Waals surface area contributed by atoms with Gasteiger partial charge in [0.1, 0.15) is 0 Å². The number of thiophene rings is 1. The van der Waals surface area contributed by atoms with E-state index in [1.54, 1.807) is 0 Å². The molecule has 0 aliphatic rings. The molecule has 0 saturated heterocycles. The molecule has 0 nitrogen and oxygen atoms in total. The predicted molar refractivity (Wildman–Crippen MR) is 89.9 cm³/mol. The molecule has 3 aromatic rings. The molecular weight excluding hydrogens is 476 g/mol. The molecule has 170 valence electrons. The second kappa shape index (κ2) is 6.91. The van der Waals surface area contributed by atoms with Gasteiger partial charge in [0.05, 0.1) is 10.5 Å². The smallest absolute Gasteiger partial charge is 0.203 e. The third-order valence-electron chi connectivity index (χ3n) is 4.61. The van der Waals surface area contributed by atoms with E-state index in [9.17, 15) is 52.7 Å². The van der Waals surface area contributed by atoms with Gasteiger partial charge in [-0.05, 0) is 24.3 Å². The Morgan fingerprint density at radius 1 is 0.548 bits per heavy atom. The quantitative estimate of drug-likeness (QED) is 0.245. The number of fused-ring (bicyclic) bond motifs is 3. The molecule has 0 atom stereocenters. The molecule has 2 aromatic carbocycles. The van der Waals surface area contributed by atoms with Gasteiger partial charge in [-0.3, -0.25) is 0 Å². The number of hydrogen-bond donors (Lipinski definition) is 0. The molecule has 1 aromatic heterocycles. The minimum atomic E-state index is -7.54. The van der Waals surface area contributed by atoms with Gasteiger partial charge in [-0.15, -0.1) is 8.78 Å². The summed E-state index contributed by atoms with van der Waals surface area (Å²) >= 11 is 0. The molecule has 0 bridgehead atoms. The molecule has 3 rings (SSSR count). The van der Waals surface area contributed by atoms with E-state index in [1.807, 2.05) is 0 Å². The largest absolute Gasteiger partial charge is 0.503 e. The minimum Gasteiger partial charge on any atom is -0.203 e. The normalized spacial score (nSPS) is 14.7. The van der Waals surface area contributed by atoms with Crippen molar-refractivity contribution in [2.45, 2.75) is 35.4 Å². The SMILES string of the molecule is FC(F)C(F)(F)C(F)(F)C(F)(F)C(F)(F)C(F)(F)[s+]1c2ccccc2c2ccccc21. The molecule has 0 saturated carbocycles. The first-order valence-electron chi connectivity index (χ1n) is 8.13. The molecule has 0 fully saturated rings. The first-order valence-corrected chi connectivity index (χ1v) is 9.36. The Labute approximate surface area is 168 Å². The highest BCUT2D eigenvalue weighted by Gasteiger charge is 2.91. The Balaban J connectivity index is 2.30. The molecule has 0 spiro atoms. The highest BCUT2D eigenvalue weighted by atomic mass is 32.2. The van der Waals surface area contributed by atoms with Crippen molar-refractivity contribution in [2.24, 2.45) is 0 Å². The van der Waals surface area contributed by atoms with Crippen molar-refractivity contribution in [1.29, 1.82) is 0 Å². The zero-order valence-corrected chi connectivity index (χ0v) is 15.5. The number of halogens is 12. The molecule has 1 heterocycles. The van der Waals surface area contributed by atoms with Gasteiger partial charge >= 0.3 is 35.4 Å². The molecule has 0 radical (unpaired) electrons. The summed E-state index contributed by atoms with van der Waals surface area (Å²) in [5.41, 5.74) is 0. The summed E-state index contributed by atoms with van der Waals surface area (Å²) in [6.45, 7) is 0. The lowest BCUT2D eigenvalue weighted by atomic mass is 9.99. The Morgan fingerprint density at radius 3 is 1.32 bits per heavy atom. The van der Waals surface area contributed by atoms with E-state index in [0.29, 0.717) is 0 Å². The van der Waals surface area contributed by atoms with Crippen molar-refractivity contribution in [2.75, 3.05) is 0 Å². The molecule has 0 amide bonds. The van der Waals surface area contributed by atoms with Gasteiger partial charge in [-0.25, -0.2) is 8.78 Å². The lowest BCUT2D eigenvalue weighted by Gasteiger charge is -2.36. The summed E-state index contributed by atoms with van der Waals surface area (Å²) < 4.78 is 163. The summed E-state index contributed by atoms with van der Waals surface area (Å²) in [6, 6.07) is 8.92. The molecular formula is C18H9F12S+. The molecule has 13 heteroatoms. The minimum absolute atomic E-state index is 0.0788.